The summed E-state index contributed by atoms with van der Waals surface area (Å²) in [5.74, 6) is -1.18. The first-order valence-electron chi connectivity index (χ1n) is 10.2. The molecule has 1 heterocycles. The molecule has 0 saturated carbocycles. The van der Waals surface area contributed by atoms with Gasteiger partial charge in [0.15, 0.2) is 0 Å². The van der Waals surface area contributed by atoms with Crippen LogP contribution in [0, 0.1) is 23.0 Å². The first-order valence-corrected chi connectivity index (χ1v) is 11.8. The number of halogens is 1. The molecule has 2 unspecified atom stereocenters. The van der Waals surface area contributed by atoms with E-state index in [0.717, 1.165) is 10.0 Å². The van der Waals surface area contributed by atoms with Gasteiger partial charge in [-0.15, -0.1) is 10.2 Å². The maximum absolute atomic E-state index is 13.0. The minimum absolute atomic E-state index is 0.113. The highest BCUT2D eigenvalue weighted by Gasteiger charge is 2.28. The lowest BCUT2D eigenvalue weighted by Gasteiger charge is -2.23. The molecule has 2 aromatic carbocycles. The number of nitrogens with zero attached hydrogens (tertiary/aromatic N) is 3. The van der Waals surface area contributed by atoms with Gasteiger partial charge < -0.3 is 5.32 Å². The lowest BCUT2D eigenvalue weighted by molar-refractivity contribution is -0.385. The largest absolute Gasteiger partial charge is 0.340 e. The summed E-state index contributed by atoms with van der Waals surface area (Å²) in [7, 11) is 0. The summed E-state index contributed by atoms with van der Waals surface area (Å²) in [6, 6.07) is 10.9. The zero-order chi connectivity index (χ0) is 24.1. The number of nitro groups is 1. The van der Waals surface area contributed by atoms with Crippen molar-refractivity contribution in [3.63, 3.8) is 0 Å². The van der Waals surface area contributed by atoms with Gasteiger partial charge in [0.25, 0.3) is 11.6 Å². The lowest BCUT2D eigenvalue weighted by atomic mass is 9.97. The third-order valence-electron chi connectivity index (χ3n) is 5.20. The van der Waals surface area contributed by atoms with Crippen molar-refractivity contribution in [2.75, 3.05) is 5.32 Å². The van der Waals surface area contributed by atoms with Crippen LogP contribution < -0.4 is 10.6 Å². The van der Waals surface area contributed by atoms with Crippen molar-refractivity contribution in [1.29, 1.82) is 0 Å². The highest BCUT2D eigenvalue weighted by atomic mass is 79.9. The Balaban J connectivity index is 1.76. The Morgan fingerprint density at radius 3 is 2.52 bits per heavy atom. The fourth-order valence-corrected chi connectivity index (χ4v) is 4.06. The van der Waals surface area contributed by atoms with Crippen LogP contribution in [0.1, 0.15) is 36.2 Å². The quantitative estimate of drug-likeness (QED) is 0.312. The molecular formula is C22H22BrN5O4S. The minimum Gasteiger partial charge on any atom is -0.340 e. The van der Waals surface area contributed by atoms with Gasteiger partial charge in [0.1, 0.15) is 11.0 Å². The summed E-state index contributed by atoms with van der Waals surface area (Å²) in [6.07, 6.45) is 0.632. The van der Waals surface area contributed by atoms with Gasteiger partial charge in [0, 0.05) is 27.2 Å². The molecule has 0 bridgehead atoms. The van der Waals surface area contributed by atoms with Crippen LogP contribution in [0.5, 0.6) is 0 Å². The van der Waals surface area contributed by atoms with Crippen LogP contribution in [0.25, 0.3) is 10.6 Å². The molecule has 172 valence electrons. The van der Waals surface area contributed by atoms with Crippen LogP contribution in [0.4, 0.5) is 10.8 Å². The summed E-state index contributed by atoms with van der Waals surface area (Å²) in [5.41, 5.74) is 1.28. The van der Waals surface area contributed by atoms with E-state index in [0.29, 0.717) is 22.1 Å². The topological polar surface area (TPSA) is 127 Å². The van der Waals surface area contributed by atoms with Crippen LogP contribution in [0.15, 0.2) is 46.9 Å². The van der Waals surface area contributed by atoms with E-state index in [9.17, 15) is 19.7 Å². The Labute approximate surface area is 202 Å². The van der Waals surface area contributed by atoms with Crippen LogP contribution >= 0.6 is 27.3 Å². The number of anilines is 1. The average molecular weight is 532 g/mol. The van der Waals surface area contributed by atoms with Crippen molar-refractivity contribution in [2.24, 2.45) is 5.92 Å². The normalized spacial score (nSPS) is 12.6. The van der Waals surface area contributed by atoms with Gasteiger partial charge in [-0.05, 0) is 31.0 Å². The summed E-state index contributed by atoms with van der Waals surface area (Å²) in [6.45, 7) is 5.35. The zero-order valence-corrected chi connectivity index (χ0v) is 20.6. The second kappa shape index (κ2) is 10.6. The number of rotatable bonds is 8. The molecule has 0 spiro atoms. The predicted octanol–water partition coefficient (Wildman–Crippen LogP) is 4.97. The van der Waals surface area contributed by atoms with Crippen molar-refractivity contribution < 1.29 is 14.5 Å². The van der Waals surface area contributed by atoms with E-state index in [1.165, 1.54) is 29.5 Å². The molecule has 1 aromatic heterocycles. The highest BCUT2D eigenvalue weighted by molar-refractivity contribution is 9.10. The van der Waals surface area contributed by atoms with Crippen molar-refractivity contribution in [1.82, 2.24) is 15.5 Å². The van der Waals surface area contributed by atoms with E-state index in [1.54, 1.807) is 6.92 Å². The molecule has 3 aromatic rings. The first kappa shape index (κ1) is 24.5. The molecule has 0 saturated heterocycles. The van der Waals surface area contributed by atoms with Crippen LogP contribution in [0.2, 0.25) is 0 Å². The summed E-state index contributed by atoms with van der Waals surface area (Å²) in [5, 5.41) is 25.8. The van der Waals surface area contributed by atoms with E-state index in [4.69, 9.17) is 0 Å². The fraction of sp³-hybridized carbons (Fsp3) is 0.273. The minimum atomic E-state index is -0.858. The van der Waals surface area contributed by atoms with Crippen LogP contribution in [-0.2, 0) is 4.79 Å². The number of carbonyl (C=O) groups excluding carboxylic acids is 2. The Bertz CT molecular complexity index is 1180. The third kappa shape index (κ3) is 5.99. The molecule has 9 nitrogen and oxygen atoms in total. The van der Waals surface area contributed by atoms with E-state index in [-0.39, 0.29) is 17.2 Å². The van der Waals surface area contributed by atoms with Crippen molar-refractivity contribution in [2.45, 2.75) is 33.2 Å². The summed E-state index contributed by atoms with van der Waals surface area (Å²) in [4.78, 5) is 36.5. The zero-order valence-electron chi connectivity index (χ0n) is 18.2. The lowest BCUT2D eigenvalue weighted by Crippen LogP contribution is -2.47. The number of carbonyl (C=O) groups is 2. The van der Waals surface area contributed by atoms with Crippen molar-refractivity contribution in [3.05, 3.63) is 68.2 Å². The molecule has 2 atom stereocenters. The molecule has 0 fully saturated rings. The Kier molecular flexibility index (Phi) is 7.88. The number of nitrogens with one attached hydrogen (secondary N) is 2. The molecule has 11 heteroatoms. The number of nitro benzene ring substituents is 1. The fourth-order valence-electron chi connectivity index (χ4n) is 3.04. The van der Waals surface area contributed by atoms with E-state index in [1.807, 2.05) is 38.1 Å². The van der Waals surface area contributed by atoms with Crippen LogP contribution in [-0.4, -0.2) is 33.0 Å². The number of aromatic nitrogens is 2. The standard InChI is InChI=1S/C22H22BrN5O4S/c1-4-12(2)18(24-19(29)15-6-5-13(3)17(11-15)28(31)32)20(30)25-22-27-26-21(33-22)14-7-9-16(23)10-8-14/h5-12,18H,4H2,1-3H3,(H,24,29)(H,25,27,30). The summed E-state index contributed by atoms with van der Waals surface area (Å²) < 4.78 is 0.940. The smallest absolute Gasteiger partial charge is 0.273 e. The molecule has 33 heavy (non-hydrogen) atoms. The highest BCUT2D eigenvalue weighted by Crippen LogP contribution is 2.28. The molecule has 3 rings (SSSR count). The molecular weight excluding hydrogens is 510 g/mol. The summed E-state index contributed by atoms with van der Waals surface area (Å²) >= 11 is 4.61. The molecule has 2 amide bonds. The van der Waals surface area contributed by atoms with E-state index in [2.05, 4.69) is 36.8 Å². The van der Waals surface area contributed by atoms with Gasteiger partial charge in [-0.3, -0.25) is 25.0 Å². The third-order valence-corrected chi connectivity index (χ3v) is 6.61. The molecule has 0 aliphatic carbocycles. The Hall–Kier alpha value is -3.18. The second-order valence-corrected chi connectivity index (χ2v) is 9.40. The van der Waals surface area contributed by atoms with Gasteiger partial charge in [-0.25, -0.2) is 0 Å². The number of hydrogen-bond acceptors (Lipinski definition) is 7. The number of aryl methyl sites for hydroxylation is 1. The molecule has 0 aliphatic heterocycles. The second-order valence-electron chi connectivity index (χ2n) is 7.50. The molecule has 0 radical (unpaired) electrons. The van der Waals surface area contributed by atoms with Crippen molar-refractivity contribution >= 4 is 49.9 Å². The predicted molar refractivity (Wildman–Crippen MR) is 130 cm³/mol. The number of hydrogen-bond donors (Lipinski definition) is 2. The molecule has 0 aliphatic rings. The molecule has 2 N–H and O–H groups in total. The maximum atomic E-state index is 13.0. The Morgan fingerprint density at radius 1 is 1.18 bits per heavy atom. The SMILES string of the molecule is CCC(C)C(NC(=O)c1ccc(C)c([N+](=O)[O-])c1)C(=O)Nc1nnc(-c2ccc(Br)cc2)s1. The van der Waals surface area contributed by atoms with Gasteiger partial charge in [0.05, 0.1) is 4.92 Å². The van der Waals surface area contributed by atoms with Gasteiger partial charge >= 0.3 is 0 Å². The van der Waals surface area contributed by atoms with Crippen LogP contribution in [0.3, 0.4) is 0 Å². The van der Waals surface area contributed by atoms with E-state index >= 15 is 0 Å². The maximum Gasteiger partial charge on any atom is 0.273 e. The van der Waals surface area contributed by atoms with Crippen molar-refractivity contribution in [3.8, 4) is 10.6 Å². The first-order chi connectivity index (χ1) is 15.7. The average Bonchev–Trinajstić information content (AvgIpc) is 3.25. The van der Waals surface area contributed by atoms with Gasteiger partial charge in [-0.2, -0.15) is 0 Å². The Morgan fingerprint density at radius 2 is 1.88 bits per heavy atom. The van der Waals surface area contributed by atoms with Gasteiger partial charge in [0.2, 0.25) is 11.0 Å². The number of amides is 2. The monoisotopic (exact) mass is 531 g/mol. The van der Waals surface area contributed by atoms with Gasteiger partial charge in [-0.1, -0.05) is 65.7 Å². The van der Waals surface area contributed by atoms with E-state index < -0.39 is 22.8 Å². The number of benzene rings is 2.